The summed E-state index contributed by atoms with van der Waals surface area (Å²) in [5.74, 6) is 0. The Morgan fingerprint density at radius 1 is 1.26 bits per heavy atom. The Labute approximate surface area is 138 Å². The van der Waals surface area contributed by atoms with Crippen molar-refractivity contribution in [3.63, 3.8) is 0 Å². The zero-order valence-electron chi connectivity index (χ0n) is 11.8. The minimum atomic E-state index is -0.341. The fourth-order valence-electron chi connectivity index (χ4n) is 3.89. The van der Waals surface area contributed by atoms with Crippen molar-refractivity contribution < 1.29 is 5.11 Å². The van der Waals surface area contributed by atoms with E-state index in [1.165, 1.54) is 5.57 Å². The van der Waals surface area contributed by atoms with E-state index >= 15 is 0 Å². The molecule has 2 aliphatic carbocycles. The Morgan fingerprint density at radius 2 is 1.84 bits per heavy atom. The molecule has 0 saturated heterocycles. The predicted molar refractivity (Wildman–Crippen MR) is 89.5 cm³/mol. The smallest absolute Gasteiger partial charge is 0.0707 e. The van der Waals surface area contributed by atoms with Crippen LogP contribution in [0.4, 0.5) is 0 Å². The molecule has 0 bridgehead atoms. The van der Waals surface area contributed by atoms with Crippen molar-refractivity contribution in [2.75, 3.05) is 0 Å². The van der Waals surface area contributed by atoms with Crippen molar-refractivity contribution in [1.82, 2.24) is 0 Å². The lowest BCUT2D eigenvalue weighted by Crippen LogP contribution is -2.58. The molecule has 5 atom stereocenters. The lowest BCUT2D eigenvalue weighted by molar-refractivity contribution is -0.0173. The van der Waals surface area contributed by atoms with E-state index in [2.05, 4.69) is 59.2 Å². The molecule has 0 aromatic heterocycles. The standard InChI is InChI=1S/C15H23Br2ClO/c1-9-7-10(19)12(17)13(2,3)15(9)6-5-14(4,18)11(16)8-15/h10-12,19H,1,5-8H2,2-4H3/t10-,11-,12?,14-,15-/m0/s1. The van der Waals surface area contributed by atoms with Gasteiger partial charge in [-0.05, 0) is 43.4 Å². The topological polar surface area (TPSA) is 20.2 Å². The van der Waals surface area contributed by atoms with E-state index in [4.69, 9.17) is 11.6 Å². The first kappa shape index (κ1) is 16.3. The molecule has 2 aliphatic rings. The van der Waals surface area contributed by atoms with E-state index in [1.807, 2.05) is 0 Å². The van der Waals surface area contributed by atoms with Crippen LogP contribution in [0.1, 0.15) is 46.5 Å². The molecule has 2 rings (SSSR count). The quantitative estimate of drug-likeness (QED) is 0.435. The largest absolute Gasteiger partial charge is 0.392 e. The summed E-state index contributed by atoms with van der Waals surface area (Å²) >= 11 is 14.1. The Hall–Kier alpha value is 0.950. The normalized spacial score (nSPS) is 50.5. The van der Waals surface area contributed by atoms with Crippen LogP contribution in [0.5, 0.6) is 0 Å². The first-order chi connectivity index (χ1) is 8.54. The van der Waals surface area contributed by atoms with E-state index < -0.39 is 0 Å². The number of alkyl halides is 3. The first-order valence-corrected chi connectivity index (χ1v) is 9.09. The minimum Gasteiger partial charge on any atom is -0.392 e. The maximum absolute atomic E-state index is 10.2. The molecule has 0 heterocycles. The maximum atomic E-state index is 10.2. The van der Waals surface area contributed by atoms with Crippen LogP contribution in [0.2, 0.25) is 0 Å². The number of aliphatic hydroxyl groups is 1. The third kappa shape index (κ3) is 2.37. The average molecular weight is 415 g/mol. The fourth-order valence-corrected chi connectivity index (χ4v) is 5.47. The van der Waals surface area contributed by atoms with Crippen LogP contribution >= 0.6 is 43.5 Å². The number of halogens is 3. The Kier molecular flexibility index (Phi) is 4.29. The summed E-state index contributed by atoms with van der Waals surface area (Å²) in [7, 11) is 0. The molecule has 1 spiro atoms. The van der Waals surface area contributed by atoms with Gasteiger partial charge >= 0.3 is 0 Å². The zero-order chi connectivity index (χ0) is 14.6. The maximum Gasteiger partial charge on any atom is 0.0707 e. The van der Waals surface area contributed by atoms with Gasteiger partial charge in [0.15, 0.2) is 0 Å². The minimum absolute atomic E-state index is 0.0266. The number of hydrogen-bond acceptors (Lipinski definition) is 1. The van der Waals surface area contributed by atoms with E-state index in [0.717, 1.165) is 19.3 Å². The van der Waals surface area contributed by atoms with Gasteiger partial charge in [0.25, 0.3) is 0 Å². The summed E-state index contributed by atoms with van der Waals surface area (Å²) in [5.41, 5.74) is 1.22. The molecule has 1 unspecified atom stereocenters. The molecule has 19 heavy (non-hydrogen) atoms. The van der Waals surface area contributed by atoms with E-state index in [0.29, 0.717) is 6.42 Å². The molecule has 110 valence electrons. The van der Waals surface area contributed by atoms with Crippen LogP contribution in [-0.4, -0.2) is 25.7 Å². The Bertz CT molecular complexity index is 394. The van der Waals surface area contributed by atoms with Crippen LogP contribution in [0.3, 0.4) is 0 Å². The van der Waals surface area contributed by atoms with Crippen molar-refractivity contribution in [2.24, 2.45) is 10.8 Å². The Balaban J connectivity index is 2.39. The molecule has 0 amide bonds. The van der Waals surface area contributed by atoms with Gasteiger partial charge in [-0.2, -0.15) is 0 Å². The average Bonchev–Trinajstić information content (AvgIpc) is 2.29. The van der Waals surface area contributed by atoms with Crippen molar-refractivity contribution in [3.05, 3.63) is 12.2 Å². The van der Waals surface area contributed by atoms with E-state index in [9.17, 15) is 5.11 Å². The van der Waals surface area contributed by atoms with Crippen molar-refractivity contribution in [3.8, 4) is 0 Å². The van der Waals surface area contributed by atoms with E-state index in [1.54, 1.807) is 0 Å². The molecular weight excluding hydrogens is 391 g/mol. The molecule has 0 aromatic carbocycles. The van der Waals surface area contributed by atoms with Gasteiger partial charge in [-0.3, -0.25) is 0 Å². The molecule has 0 aromatic rings. The first-order valence-electron chi connectivity index (χ1n) is 6.88. The highest BCUT2D eigenvalue weighted by atomic mass is 79.9. The lowest BCUT2D eigenvalue weighted by atomic mass is 9.49. The monoisotopic (exact) mass is 412 g/mol. The summed E-state index contributed by atoms with van der Waals surface area (Å²) in [4.78, 5) is 0.200. The molecular formula is C15H23Br2ClO. The second-order valence-electron chi connectivity index (χ2n) is 7.03. The predicted octanol–water partition coefficient (Wildman–Crippen LogP) is 5.03. The number of aliphatic hydroxyl groups excluding tert-OH is 1. The van der Waals surface area contributed by atoms with Gasteiger partial charge in [-0.1, -0.05) is 57.9 Å². The lowest BCUT2D eigenvalue weighted by Gasteiger charge is -2.60. The third-order valence-corrected chi connectivity index (χ3v) is 9.42. The van der Waals surface area contributed by atoms with Gasteiger partial charge in [0, 0.05) is 9.65 Å². The van der Waals surface area contributed by atoms with Crippen LogP contribution in [-0.2, 0) is 0 Å². The molecule has 2 saturated carbocycles. The van der Waals surface area contributed by atoms with Crippen molar-refractivity contribution in [1.29, 1.82) is 0 Å². The summed E-state index contributed by atoms with van der Waals surface area (Å²) in [6.45, 7) is 10.9. The van der Waals surface area contributed by atoms with Crippen LogP contribution in [0, 0.1) is 10.8 Å². The number of rotatable bonds is 0. The third-order valence-electron chi connectivity index (χ3n) is 5.61. The molecule has 4 heteroatoms. The highest BCUT2D eigenvalue weighted by molar-refractivity contribution is 9.09. The van der Waals surface area contributed by atoms with Gasteiger partial charge in [0.05, 0.1) is 11.0 Å². The molecule has 2 fully saturated rings. The van der Waals surface area contributed by atoms with Gasteiger partial charge in [0.1, 0.15) is 0 Å². The van der Waals surface area contributed by atoms with Gasteiger partial charge < -0.3 is 5.11 Å². The van der Waals surface area contributed by atoms with Crippen LogP contribution in [0.15, 0.2) is 12.2 Å². The second kappa shape index (κ2) is 5.00. The molecule has 1 nitrogen and oxygen atoms in total. The van der Waals surface area contributed by atoms with Gasteiger partial charge in [0.2, 0.25) is 0 Å². The van der Waals surface area contributed by atoms with Gasteiger partial charge in [-0.15, -0.1) is 11.6 Å². The van der Waals surface area contributed by atoms with Crippen LogP contribution < -0.4 is 0 Å². The summed E-state index contributed by atoms with van der Waals surface area (Å²) in [5, 5.41) is 10.2. The van der Waals surface area contributed by atoms with Crippen molar-refractivity contribution in [2.45, 2.75) is 67.1 Å². The highest BCUT2D eigenvalue weighted by Gasteiger charge is 2.59. The van der Waals surface area contributed by atoms with E-state index in [-0.39, 0.29) is 31.5 Å². The Morgan fingerprint density at radius 3 is 2.37 bits per heavy atom. The molecule has 0 radical (unpaired) electrons. The fraction of sp³-hybridized carbons (Fsp3) is 0.867. The molecule has 0 aliphatic heterocycles. The second-order valence-corrected chi connectivity index (χ2v) is 9.99. The van der Waals surface area contributed by atoms with Gasteiger partial charge in [-0.25, -0.2) is 0 Å². The highest BCUT2D eigenvalue weighted by Crippen LogP contribution is 2.64. The molecule has 1 N–H and O–H groups in total. The van der Waals surface area contributed by atoms with Crippen molar-refractivity contribution >= 4 is 43.5 Å². The summed E-state index contributed by atoms with van der Waals surface area (Å²) in [6.07, 6.45) is 3.37. The summed E-state index contributed by atoms with van der Waals surface area (Å²) in [6, 6.07) is 0. The number of hydrogen-bond donors (Lipinski definition) is 1. The summed E-state index contributed by atoms with van der Waals surface area (Å²) < 4.78 is 0. The zero-order valence-corrected chi connectivity index (χ0v) is 15.8. The SMILES string of the molecule is C=C1C[C@H](O)C(Br)C(C)(C)[C@]12CC[C@](C)(Cl)[C@@H](Br)C2. The van der Waals surface area contributed by atoms with Crippen LogP contribution in [0.25, 0.3) is 0 Å².